The van der Waals surface area contributed by atoms with E-state index in [1.165, 1.54) is 6.07 Å². The normalized spacial score (nSPS) is 11.0. The number of hydrogen-bond acceptors (Lipinski definition) is 4. The number of aliphatic carboxylic acids is 1. The molecule has 0 aliphatic carbocycles. The van der Waals surface area contributed by atoms with Crippen LogP contribution in [0.3, 0.4) is 0 Å². The first-order chi connectivity index (χ1) is 16.1. The molecule has 0 aliphatic heterocycles. The fraction of sp³-hybridized carbons (Fsp3) is 0.375. The van der Waals surface area contributed by atoms with E-state index >= 15 is 0 Å². The Morgan fingerprint density at radius 1 is 0.971 bits per heavy atom. The van der Waals surface area contributed by atoms with Crippen molar-refractivity contribution in [1.82, 2.24) is 0 Å². The second-order valence-electron chi connectivity index (χ2n) is 8.50. The van der Waals surface area contributed by atoms with Gasteiger partial charge in [0.1, 0.15) is 0 Å². The Morgan fingerprint density at radius 2 is 1.51 bits per heavy atom. The number of rotatable bonds is 8. The number of carbonyl (C=O) groups excluding carboxylic acids is 1. The van der Waals surface area contributed by atoms with Crippen LogP contribution in [0.4, 0.5) is 24.5 Å². The molecule has 0 aliphatic rings. The summed E-state index contributed by atoms with van der Waals surface area (Å²) in [5.74, 6) is -3.34. The molecule has 0 spiro atoms. The minimum Gasteiger partial charge on any atom is -0.478 e. The molecular weight excluding hydrogens is 489 g/mol. The largest absolute Gasteiger partial charge is 0.490 e. The molecule has 0 unspecified atom stereocenters. The molecule has 0 fully saturated rings. The van der Waals surface area contributed by atoms with Crippen LogP contribution in [0.25, 0.3) is 0 Å². The fourth-order valence-electron chi connectivity index (χ4n) is 3.05. The minimum absolute atomic E-state index is 0.171. The number of anilines is 2. The third kappa shape index (κ3) is 10.3. The van der Waals surface area contributed by atoms with Gasteiger partial charge in [-0.05, 0) is 48.2 Å². The molecule has 2 aromatic rings. The molecule has 7 nitrogen and oxygen atoms in total. The molecule has 2 aromatic carbocycles. The van der Waals surface area contributed by atoms with E-state index in [1.54, 1.807) is 36.4 Å². The summed E-state index contributed by atoms with van der Waals surface area (Å²) in [5.41, 5.74) is 1.68. The van der Waals surface area contributed by atoms with Crippen LogP contribution in [0.1, 0.15) is 48.4 Å². The lowest BCUT2D eigenvalue weighted by Gasteiger charge is -2.30. The van der Waals surface area contributed by atoms with Crippen molar-refractivity contribution in [3.05, 3.63) is 58.6 Å². The molecule has 0 radical (unpaired) electrons. The van der Waals surface area contributed by atoms with Crippen molar-refractivity contribution in [3.63, 3.8) is 0 Å². The zero-order valence-corrected chi connectivity index (χ0v) is 20.4. The Labute approximate surface area is 206 Å². The maximum absolute atomic E-state index is 12.4. The van der Waals surface area contributed by atoms with Gasteiger partial charge in [0.2, 0.25) is 0 Å². The van der Waals surface area contributed by atoms with Gasteiger partial charge >= 0.3 is 18.1 Å². The van der Waals surface area contributed by atoms with E-state index in [1.807, 2.05) is 0 Å². The van der Waals surface area contributed by atoms with Gasteiger partial charge in [-0.25, -0.2) is 9.59 Å². The molecule has 35 heavy (non-hydrogen) atoms. The quantitative estimate of drug-likeness (QED) is 0.395. The maximum atomic E-state index is 12.4. The van der Waals surface area contributed by atoms with Gasteiger partial charge in [-0.1, -0.05) is 45.4 Å². The molecule has 0 aromatic heterocycles. The number of alkyl halides is 3. The van der Waals surface area contributed by atoms with Crippen molar-refractivity contribution >= 4 is 40.8 Å². The number of carbonyl (C=O) groups is 3. The van der Waals surface area contributed by atoms with Crippen LogP contribution in [0, 0.1) is 11.8 Å². The second kappa shape index (κ2) is 13.0. The zero-order chi connectivity index (χ0) is 26.9. The number of aromatic carboxylic acids is 1. The molecule has 11 heteroatoms. The van der Waals surface area contributed by atoms with Crippen LogP contribution in [0.15, 0.2) is 42.5 Å². The first kappa shape index (κ1) is 29.8. The SMILES string of the molecule is CC(C)CN(CC(C)C)c1ccc(NC(=O)c2cccc(Cl)c2)cc1C(=O)O.O=C(O)C(F)(F)F. The van der Waals surface area contributed by atoms with E-state index in [-0.39, 0.29) is 11.5 Å². The third-order valence-corrected chi connectivity index (χ3v) is 4.56. The van der Waals surface area contributed by atoms with Crippen molar-refractivity contribution in [1.29, 1.82) is 0 Å². The maximum Gasteiger partial charge on any atom is 0.490 e. The summed E-state index contributed by atoms with van der Waals surface area (Å²) >= 11 is 5.93. The molecule has 0 atom stereocenters. The van der Waals surface area contributed by atoms with Gasteiger partial charge in [-0.2, -0.15) is 13.2 Å². The molecule has 1 amide bonds. The number of carboxylic acid groups (broad SMARTS) is 2. The Kier molecular flexibility index (Phi) is 11.0. The van der Waals surface area contributed by atoms with Crippen LogP contribution in [-0.2, 0) is 4.79 Å². The summed E-state index contributed by atoms with van der Waals surface area (Å²) < 4.78 is 31.7. The highest BCUT2D eigenvalue weighted by Crippen LogP contribution is 2.27. The number of nitrogens with one attached hydrogen (secondary N) is 1. The van der Waals surface area contributed by atoms with E-state index in [2.05, 4.69) is 37.9 Å². The predicted octanol–water partition coefficient (Wildman–Crippen LogP) is 6.04. The van der Waals surface area contributed by atoms with Crippen LogP contribution in [0.2, 0.25) is 5.02 Å². The summed E-state index contributed by atoms with van der Waals surface area (Å²) in [7, 11) is 0. The smallest absolute Gasteiger partial charge is 0.478 e. The van der Waals surface area contributed by atoms with Gasteiger partial charge < -0.3 is 20.4 Å². The molecule has 192 valence electrons. The van der Waals surface area contributed by atoms with Gasteiger partial charge in [0.25, 0.3) is 5.91 Å². The summed E-state index contributed by atoms with van der Waals surface area (Å²) in [4.78, 5) is 35.3. The number of nitrogens with zero attached hydrogens (tertiary/aromatic N) is 1. The highest BCUT2D eigenvalue weighted by atomic mass is 35.5. The molecule has 2 rings (SSSR count). The summed E-state index contributed by atoms with van der Waals surface area (Å²) in [5, 5.41) is 20.1. The van der Waals surface area contributed by atoms with Crippen molar-refractivity contribution < 1.29 is 37.8 Å². The van der Waals surface area contributed by atoms with Crippen molar-refractivity contribution in [2.24, 2.45) is 11.8 Å². The van der Waals surface area contributed by atoms with Crippen LogP contribution in [0.5, 0.6) is 0 Å². The number of benzene rings is 2. The van der Waals surface area contributed by atoms with Crippen molar-refractivity contribution in [2.45, 2.75) is 33.9 Å². The Balaban J connectivity index is 0.000000762. The summed E-state index contributed by atoms with van der Waals surface area (Å²) in [6.45, 7) is 9.93. The van der Waals surface area contributed by atoms with E-state index in [0.717, 1.165) is 13.1 Å². The van der Waals surface area contributed by atoms with Gasteiger partial charge in [0, 0.05) is 29.4 Å². The first-order valence-corrected chi connectivity index (χ1v) is 11.0. The monoisotopic (exact) mass is 516 g/mol. The lowest BCUT2D eigenvalue weighted by Crippen LogP contribution is -2.32. The van der Waals surface area contributed by atoms with Gasteiger partial charge in [0.05, 0.1) is 11.3 Å². The van der Waals surface area contributed by atoms with Gasteiger partial charge in [-0.15, -0.1) is 0 Å². The van der Waals surface area contributed by atoms with Crippen LogP contribution < -0.4 is 10.2 Å². The molecule has 0 saturated heterocycles. The van der Waals surface area contributed by atoms with E-state index in [9.17, 15) is 27.9 Å². The van der Waals surface area contributed by atoms with E-state index in [4.69, 9.17) is 21.5 Å². The topological polar surface area (TPSA) is 107 Å². The van der Waals surface area contributed by atoms with Crippen LogP contribution in [-0.4, -0.2) is 47.3 Å². The van der Waals surface area contributed by atoms with Crippen molar-refractivity contribution in [2.75, 3.05) is 23.3 Å². The van der Waals surface area contributed by atoms with Gasteiger partial charge in [-0.3, -0.25) is 4.79 Å². The Bertz CT molecular complexity index is 1030. The van der Waals surface area contributed by atoms with E-state index in [0.29, 0.717) is 33.8 Å². The number of halogens is 4. The van der Waals surface area contributed by atoms with Gasteiger partial charge in [0.15, 0.2) is 0 Å². The zero-order valence-electron chi connectivity index (χ0n) is 19.7. The van der Waals surface area contributed by atoms with E-state index < -0.39 is 18.1 Å². The minimum atomic E-state index is -5.08. The van der Waals surface area contributed by atoms with Crippen LogP contribution >= 0.6 is 11.6 Å². The summed E-state index contributed by atoms with van der Waals surface area (Å²) in [6, 6.07) is 11.6. The Morgan fingerprint density at radius 3 is 1.94 bits per heavy atom. The number of carboxylic acids is 2. The highest BCUT2D eigenvalue weighted by molar-refractivity contribution is 6.31. The molecule has 3 N–H and O–H groups in total. The molecule has 0 heterocycles. The molecular formula is C24H28ClF3N2O5. The Hall–Kier alpha value is -3.27. The lowest BCUT2D eigenvalue weighted by atomic mass is 10.1. The fourth-order valence-corrected chi connectivity index (χ4v) is 3.24. The molecule has 0 bridgehead atoms. The third-order valence-electron chi connectivity index (χ3n) is 4.33. The summed E-state index contributed by atoms with van der Waals surface area (Å²) in [6.07, 6.45) is -5.08. The second-order valence-corrected chi connectivity index (χ2v) is 8.93. The lowest BCUT2D eigenvalue weighted by molar-refractivity contribution is -0.192. The number of amides is 1. The number of hydrogen-bond donors (Lipinski definition) is 3. The average Bonchev–Trinajstić information content (AvgIpc) is 2.72. The predicted molar refractivity (Wildman–Crippen MR) is 128 cm³/mol. The first-order valence-electron chi connectivity index (χ1n) is 10.6. The average molecular weight is 517 g/mol. The highest BCUT2D eigenvalue weighted by Gasteiger charge is 2.38. The standard InChI is InChI=1S/C22H27ClN2O3.C2HF3O2/c1-14(2)12-25(13-15(3)4)20-9-8-18(11-19(20)22(27)28)24-21(26)16-6-5-7-17(23)10-16;3-2(4,5)1(6)7/h5-11,14-15H,12-13H2,1-4H3,(H,24,26)(H,27,28);(H,6,7). The van der Waals surface area contributed by atoms with Crippen molar-refractivity contribution in [3.8, 4) is 0 Å². The molecule has 0 saturated carbocycles.